The third-order valence-corrected chi connectivity index (χ3v) is 6.97. The predicted molar refractivity (Wildman–Crippen MR) is 98.8 cm³/mol. The van der Waals surface area contributed by atoms with Crippen LogP contribution in [0.4, 0.5) is 0 Å². The van der Waals surface area contributed by atoms with E-state index in [2.05, 4.69) is 24.3 Å². The molecule has 0 aromatic heterocycles. The highest BCUT2D eigenvalue weighted by molar-refractivity contribution is 7.93. The van der Waals surface area contributed by atoms with Gasteiger partial charge in [0.15, 0.2) is 9.84 Å². The molecular weight excluding hydrogens is 322 g/mol. The second-order valence-corrected chi connectivity index (χ2v) is 9.26. The number of rotatable bonds is 6. The summed E-state index contributed by atoms with van der Waals surface area (Å²) in [4.78, 5) is 13.9. The van der Waals surface area contributed by atoms with Crippen molar-refractivity contribution in [1.82, 2.24) is 4.90 Å². The summed E-state index contributed by atoms with van der Waals surface area (Å²) in [5.41, 5.74) is 1.16. The van der Waals surface area contributed by atoms with Gasteiger partial charge in [-0.05, 0) is 43.5 Å². The van der Waals surface area contributed by atoms with Crippen LogP contribution in [0.3, 0.4) is 0 Å². The normalized spacial score (nSPS) is 13.2. The van der Waals surface area contributed by atoms with Crippen molar-refractivity contribution in [2.24, 2.45) is 0 Å². The first-order valence-electron chi connectivity index (χ1n) is 8.19. The van der Waals surface area contributed by atoms with Gasteiger partial charge in [-0.25, -0.2) is 8.42 Å². The van der Waals surface area contributed by atoms with E-state index in [0.29, 0.717) is 13.0 Å². The molecule has 0 aliphatic carbocycles. The number of carbonyl (C=O) groups is 1. The smallest absolute Gasteiger partial charge is 0.240 e. The molecule has 0 aliphatic heterocycles. The summed E-state index contributed by atoms with van der Waals surface area (Å²) in [5, 5.41) is 0.779. The molecule has 130 valence electrons. The van der Waals surface area contributed by atoms with Gasteiger partial charge in [0.2, 0.25) is 5.91 Å². The van der Waals surface area contributed by atoms with Crippen molar-refractivity contribution >= 4 is 26.5 Å². The van der Waals surface area contributed by atoms with Crippen LogP contribution in [0, 0.1) is 0 Å². The van der Waals surface area contributed by atoms with Crippen LogP contribution < -0.4 is 0 Å². The summed E-state index contributed by atoms with van der Waals surface area (Å²) in [5.74, 6) is -0.344. The molecule has 24 heavy (non-hydrogen) atoms. The van der Waals surface area contributed by atoms with E-state index < -0.39 is 20.3 Å². The molecular formula is C19H25NO3S. The number of hydrogen-bond donors (Lipinski definition) is 0. The molecule has 0 unspecified atom stereocenters. The lowest BCUT2D eigenvalue weighted by Gasteiger charge is -2.23. The molecule has 0 spiro atoms. The first kappa shape index (κ1) is 18.5. The molecule has 2 aromatic carbocycles. The van der Waals surface area contributed by atoms with Crippen LogP contribution in [0.25, 0.3) is 10.8 Å². The van der Waals surface area contributed by atoms with E-state index in [0.717, 1.165) is 5.56 Å². The van der Waals surface area contributed by atoms with Crippen LogP contribution in [0.15, 0.2) is 42.5 Å². The summed E-state index contributed by atoms with van der Waals surface area (Å²) in [6, 6.07) is 14.2. The van der Waals surface area contributed by atoms with Gasteiger partial charge in [-0.2, -0.15) is 0 Å². The maximum absolute atomic E-state index is 12.4. The third kappa shape index (κ3) is 3.78. The fraction of sp³-hybridized carbons (Fsp3) is 0.421. The van der Waals surface area contributed by atoms with Crippen molar-refractivity contribution < 1.29 is 13.2 Å². The lowest BCUT2D eigenvalue weighted by molar-refractivity contribution is -0.129. The largest absolute Gasteiger partial charge is 0.344 e. The van der Waals surface area contributed by atoms with Crippen LogP contribution in [0.1, 0.15) is 26.3 Å². The Kier molecular flexibility index (Phi) is 5.65. The summed E-state index contributed by atoms with van der Waals surface area (Å²) in [6.07, 6.45) is 0.692. The number of amides is 1. The van der Waals surface area contributed by atoms with Crippen LogP contribution >= 0.6 is 0 Å². The van der Waals surface area contributed by atoms with E-state index in [-0.39, 0.29) is 5.91 Å². The van der Waals surface area contributed by atoms with Gasteiger partial charge in [0.1, 0.15) is 5.25 Å². The molecule has 0 saturated carbocycles. The Bertz CT molecular complexity index is 822. The van der Waals surface area contributed by atoms with E-state index in [1.807, 2.05) is 18.2 Å². The van der Waals surface area contributed by atoms with Gasteiger partial charge in [0, 0.05) is 13.6 Å². The van der Waals surface area contributed by atoms with Gasteiger partial charge in [-0.1, -0.05) is 42.5 Å². The Labute approximate surface area is 144 Å². The molecule has 1 atom stereocenters. The summed E-state index contributed by atoms with van der Waals surface area (Å²) in [6.45, 7) is 5.18. The maximum atomic E-state index is 12.4. The van der Waals surface area contributed by atoms with Crippen molar-refractivity contribution in [3.63, 3.8) is 0 Å². The number of hydrogen-bond acceptors (Lipinski definition) is 3. The van der Waals surface area contributed by atoms with Crippen LogP contribution in [0.2, 0.25) is 0 Å². The molecule has 5 heteroatoms. The molecule has 0 radical (unpaired) electrons. The molecule has 1 amide bonds. The Morgan fingerprint density at radius 1 is 1.04 bits per heavy atom. The summed E-state index contributed by atoms with van der Waals surface area (Å²) < 4.78 is 24.4. The zero-order valence-corrected chi connectivity index (χ0v) is 15.5. The van der Waals surface area contributed by atoms with Crippen molar-refractivity contribution in [3.8, 4) is 0 Å². The lowest BCUT2D eigenvalue weighted by atomic mass is 10.0. The maximum Gasteiger partial charge on any atom is 0.240 e. The summed E-state index contributed by atoms with van der Waals surface area (Å²) >= 11 is 0. The molecule has 0 saturated heterocycles. The zero-order chi connectivity index (χ0) is 17.9. The fourth-order valence-electron chi connectivity index (χ4n) is 2.77. The van der Waals surface area contributed by atoms with Crippen LogP contribution in [0.5, 0.6) is 0 Å². The molecule has 0 bridgehead atoms. The number of benzene rings is 2. The molecule has 0 aliphatic rings. The number of sulfone groups is 1. The van der Waals surface area contributed by atoms with E-state index >= 15 is 0 Å². The second kappa shape index (κ2) is 7.34. The van der Waals surface area contributed by atoms with E-state index in [9.17, 15) is 13.2 Å². The molecule has 2 aromatic rings. The lowest BCUT2D eigenvalue weighted by Crippen LogP contribution is -2.42. The minimum Gasteiger partial charge on any atom is -0.344 e. The number of carbonyl (C=O) groups excluding carboxylic acids is 1. The molecule has 0 heterocycles. The minimum absolute atomic E-state index is 0.344. The molecule has 4 nitrogen and oxygen atoms in total. The van der Waals surface area contributed by atoms with Crippen LogP contribution in [-0.4, -0.2) is 43.3 Å². The highest BCUT2D eigenvalue weighted by atomic mass is 32.2. The number of nitrogens with zero attached hydrogens (tertiary/aromatic N) is 1. The fourth-order valence-corrected chi connectivity index (χ4v) is 4.05. The topological polar surface area (TPSA) is 54.5 Å². The van der Waals surface area contributed by atoms with E-state index in [1.165, 1.54) is 22.6 Å². The third-order valence-electron chi connectivity index (χ3n) is 4.47. The molecule has 0 N–H and O–H groups in total. The highest BCUT2D eigenvalue weighted by Crippen LogP contribution is 2.19. The van der Waals surface area contributed by atoms with E-state index in [1.54, 1.807) is 20.9 Å². The zero-order valence-electron chi connectivity index (χ0n) is 14.7. The SMILES string of the molecule is CC(C)S(=O)(=O)[C@@H](C)C(=O)N(C)CCc1cccc2ccccc12. The van der Waals surface area contributed by atoms with Gasteiger partial charge in [-0.15, -0.1) is 0 Å². The van der Waals surface area contributed by atoms with Crippen molar-refractivity contribution in [3.05, 3.63) is 48.0 Å². The van der Waals surface area contributed by atoms with E-state index in [4.69, 9.17) is 0 Å². The second-order valence-electron chi connectivity index (χ2n) is 6.43. The Morgan fingerprint density at radius 3 is 2.33 bits per heavy atom. The van der Waals surface area contributed by atoms with Gasteiger partial charge in [-0.3, -0.25) is 4.79 Å². The Balaban J connectivity index is 2.10. The number of fused-ring (bicyclic) bond motifs is 1. The Hall–Kier alpha value is -1.88. The standard InChI is InChI=1S/C19H25NO3S/c1-14(2)24(22,23)15(3)19(21)20(4)13-12-17-10-7-9-16-8-5-6-11-18(16)17/h5-11,14-15H,12-13H2,1-4H3/t15-/m0/s1. The van der Waals surface area contributed by atoms with Gasteiger partial charge in [0.25, 0.3) is 0 Å². The average Bonchev–Trinajstić information content (AvgIpc) is 2.57. The first-order chi connectivity index (χ1) is 11.2. The minimum atomic E-state index is -3.43. The van der Waals surface area contributed by atoms with Gasteiger partial charge < -0.3 is 4.90 Å². The highest BCUT2D eigenvalue weighted by Gasteiger charge is 2.32. The molecule has 2 rings (SSSR count). The van der Waals surface area contributed by atoms with Crippen molar-refractivity contribution in [2.45, 2.75) is 37.7 Å². The van der Waals surface area contributed by atoms with Crippen molar-refractivity contribution in [2.75, 3.05) is 13.6 Å². The monoisotopic (exact) mass is 347 g/mol. The van der Waals surface area contributed by atoms with Gasteiger partial charge in [0.05, 0.1) is 5.25 Å². The predicted octanol–water partition coefficient (Wildman–Crippen LogP) is 3.05. The average molecular weight is 347 g/mol. The quantitative estimate of drug-likeness (QED) is 0.807. The Morgan fingerprint density at radius 2 is 1.67 bits per heavy atom. The first-order valence-corrected chi connectivity index (χ1v) is 9.80. The van der Waals surface area contributed by atoms with Crippen LogP contribution in [-0.2, 0) is 21.1 Å². The number of likely N-dealkylation sites (N-methyl/N-ethyl adjacent to an activating group) is 1. The molecule has 0 fully saturated rings. The summed E-state index contributed by atoms with van der Waals surface area (Å²) in [7, 11) is -1.76. The van der Waals surface area contributed by atoms with Gasteiger partial charge >= 0.3 is 0 Å². The van der Waals surface area contributed by atoms with Crippen molar-refractivity contribution in [1.29, 1.82) is 0 Å².